The van der Waals surface area contributed by atoms with Gasteiger partial charge < -0.3 is 10.6 Å². The minimum absolute atomic E-state index is 0.0292. The van der Waals surface area contributed by atoms with Gasteiger partial charge in [-0.3, -0.25) is 9.78 Å². The fourth-order valence-corrected chi connectivity index (χ4v) is 4.17. The van der Waals surface area contributed by atoms with Crippen molar-refractivity contribution in [2.45, 2.75) is 51.6 Å². The van der Waals surface area contributed by atoms with Gasteiger partial charge in [-0.25, -0.2) is 0 Å². The molecule has 0 bridgehead atoms. The molecule has 4 rings (SSSR count). The van der Waals surface area contributed by atoms with Crippen molar-refractivity contribution in [2.75, 3.05) is 5.32 Å². The highest BCUT2D eigenvalue weighted by atomic mass is 35.5. The number of fused-ring (bicyclic) bond motifs is 1. The van der Waals surface area contributed by atoms with Gasteiger partial charge in [-0.15, -0.1) is 0 Å². The minimum Gasteiger partial charge on any atom is -0.382 e. The first-order valence-corrected chi connectivity index (χ1v) is 10.6. The van der Waals surface area contributed by atoms with Crippen LogP contribution in [0.3, 0.4) is 0 Å². The van der Waals surface area contributed by atoms with E-state index in [0.717, 1.165) is 53.4 Å². The zero-order valence-corrected chi connectivity index (χ0v) is 17.6. The van der Waals surface area contributed by atoms with Crippen LogP contribution >= 0.6 is 11.6 Å². The Kier molecular flexibility index (Phi) is 5.72. The van der Waals surface area contributed by atoms with Crippen molar-refractivity contribution < 1.29 is 4.79 Å². The monoisotopic (exact) mass is 407 g/mol. The van der Waals surface area contributed by atoms with Crippen molar-refractivity contribution in [3.05, 3.63) is 70.4 Å². The number of nitrogens with zero attached hydrogens (tertiary/aromatic N) is 1. The molecule has 1 aliphatic rings. The second kappa shape index (κ2) is 8.42. The first kappa shape index (κ1) is 19.7. The van der Waals surface area contributed by atoms with Crippen LogP contribution < -0.4 is 10.6 Å². The molecule has 2 N–H and O–H groups in total. The Morgan fingerprint density at radius 3 is 2.48 bits per heavy atom. The predicted molar refractivity (Wildman–Crippen MR) is 120 cm³/mol. The summed E-state index contributed by atoms with van der Waals surface area (Å²) in [6.07, 6.45) is 5.81. The lowest BCUT2D eigenvalue weighted by molar-refractivity contribution is 0.0926. The number of halogens is 1. The largest absolute Gasteiger partial charge is 0.382 e. The topological polar surface area (TPSA) is 54.0 Å². The van der Waals surface area contributed by atoms with Crippen molar-refractivity contribution in [2.24, 2.45) is 0 Å². The van der Waals surface area contributed by atoms with E-state index in [2.05, 4.69) is 22.5 Å². The Hall–Kier alpha value is -2.59. The molecule has 29 heavy (non-hydrogen) atoms. The van der Waals surface area contributed by atoms with Crippen LogP contribution in [0, 0.1) is 13.8 Å². The lowest BCUT2D eigenvalue weighted by Gasteiger charge is -2.30. The van der Waals surface area contributed by atoms with Crippen molar-refractivity contribution in [3.63, 3.8) is 0 Å². The number of benzene rings is 2. The van der Waals surface area contributed by atoms with Gasteiger partial charge in [0.2, 0.25) is 0 Å². The van der Waals surface area contributed by atoms with Gasteiger partial charge >= 0.3 is 0 Å². The summed E-state index contributed by atoms with van der Waals surface area (Å²) in [7, 11) is 0. The van der Waals surface area contributed by atoms with Crippen molar-refractivity contribution in [1.82, 2.24) is 10.3 Å². The van der Waals surface area contributed by atoms with Crippen LogP contribution in [0.2, 0.25) is 5.02 Å². The quantitative estimate of drug-likeness (QED) is 0.586. The molecule has 0 radical (unpaired) electrons. The van der Waals surface area contributed by atoms with E-state index in [-0.39, 0.29) is 11.9 Å². The average molecular weight is 408 g/mol. The molecule has 0 atom stereocenters. The molecular formula is C24H26ClN3O. The summed E-state index contributed by atoms with van der Waals surface area (Å²) in [4.78, 5) is 17.0. The van der Waals surface area contributed by atoms with E-state index in [1.165, 1.54) is 5.56 Å². The van der Waals surface area contributed by atoms with E-state index in [4.69, 9.17) is 11.6 Å². The summed E-state index contributed by atoms with van der Waals surface area (Å²) in [6.45, 7) is 4.10. The summed E-state index contributed by atoms with van der Waals surface area (Å²) in [5.74, 6) is 0.0292. The van der Waals surface area contributed by atoms with Crippen LogP contribution in [-0.4, -0.2) is 23.0 Å². The van der Waals surface area contributed by atoms with Crippen LogP contribution in [0.15, 0.2) is 48.7 Å². The van der Waals surface area contributed by atoms with Crippen molar-refractivity contribution in [1.29, 1.82) is 0 Å². The maximum absolute atomic E-state index is 12.6. The number of hydrogen-bond acceptors (Lipinski definition) is 3. The number of aromatic nitrogens is 1. The molecule has 1 amide bonds. The van der Waals surface area contributed by atoms with Gasteiger partial charge in [0.15, 0.2) is 0 Å². The normalized spacial score (nSPS) is 19.1. The van der Waals surface area contributed by atoms with Gasteiger partial charge in [-0.2, -0.15) is 0 Å². The molecule has 0 spiro atoms. The molecule has 1 saturated carbocycles. The third kappa shape index (κ3) is 4.54. The summed E-state index contributed by atoms with van der Waals surface area (Å²) in [5, 5.41) is 8.66. The van der Waals surface area contributed by atoms with Crippen molar-refractivity contribution in [3.8, 4) is 0 Å². The highest BCUT2D eigenvalue weighted by Gasteiger charge is 2.23. The van der Waals surface area contributed by atoms with Crippen molar-refractivity contribution >= 4 is 34.1 Å². The molecule has 1 aromatic heterocycles. The SMILES string of the molecule is Cc1ccc(C(=O)NC2CCC(Nc3ccnc4cc(Cl)ccc34)CC2)cc1C. The lowest BCUT2D eigenvalue weighted by atomic mass is 9.90. The standard InChI is InChI=1S/C24H26ClN3O/c1-15-3-4-17(13-16(15)2)24(29)28-20-8-6-19(7-9-20)27-22-11-12-26-23-14-18(25)5-10-21(22)23/h3-5,10-14,19-20H,6-9H2,1-2H3,(H,26,27)(H,28,29). The van der Waals surface area contributed by atoms with E-state index in [1.807, 2.05) is 55.6 Å². The Bertz CT molecular complexity index is 1040. The maximum atomic E-state index is 12.6. The molecule has 0 saturated heterocycles. The Morgan fingerprint density at radius 1 is 0.966 bits per heavy atom. The van der Waals surface area contributed by atoms with E-state index in [9.17, 15) is 4.79 Å². The summed E-state index contributed by atoms with van der Waals surface area (Å²) >= 11 is 6.09. The Labute approximate surface area is 176 Å². The summed E-state index contributed by atoms with van der Waals surface area (Å²) in [6, 6.07) is 14.3. The summed E-state index contributed by atoms with van der Waals surface area (Å²) in [5.41, 5.74) is 5.09. The van der Waals surface area contributed by atoms with E-state index in [0.29, 0.717) is 11.1 Å². The molecule has 1 fully saturated rings. The van der Waals surface area contributed by atoms with Crippen LogP contribution in [0.5, 0.6) is 0 Å². The molecular weight excluding hydrogens is 382 g/mol. The molecule has 1 heterocycles. The number of aryl methyl sites for hydroxylation is 2. The van der Waals surface area contributed by atoms with Gasteiger partial charge in [0.05, 0.1) is 5.52 Å². The molecule has 0 unspecified atom stereocenters. The highest BCUT2D eigenvalue weighted by molar-refractivity contribution is 6.31. The first-order valence-electron chi connectivity index (χ1n) is 10.2. The molecule has 0 aliphatic heterocycles. The lowest BCUT2D eigenvalue weighted by Crippen LogP contribution is -2.40. The number of amides is 1. The van der Waals surface area contributed by atoms with Gasteiger partial charge in [-0.1, -0.05) is 17.7 Å². The van der Waals surface area contributed by atoms with Crippen LogP contribution in [0.25, 0.3) is 10.9 Å². The fourth-order valence-electron chi connectivity index (χ4n) is 4.00. The molecule has 5 heteroatoms. The number of anilines is 1. The number of carbonyl (C=O) groups is 1. The number of hydrogen-bond donors (Lipinski definition) is 2. The van der Waals surface area contributed by atoms with Gasteiger partial charge in [0.1, 0.15) is 0 Å². The maximum Gasteiger partial charge on any atom is 0.251 e. The molecule has 4 nitrogen and oxygen atoms in total. The van der Waals surface area contributed by atoms with Gasteiger partial charge in [0.25, 0.3) is 5.91 Å². The zero-order valence-electron chi connectivity index (χ0n) is 16.8. The second-order valence-corrected chi connectivity index (χ2v) is 8.42. The number of rotatable bonds is 4. The van der Waals surface area contributed by atoms with E-state index in [1.54, 1.807) is 0 Å². The second-order valence-electron chi connectivity index (χ2n) is 7.99. The summed E-state index contributed by atoms with van der Waals surface area (Å²) < 4.78 is 0. The number of nitrogens with one attached hydrogen (secondary N) is 2. The van der Waals surface area contributed by atoms with Crippen LogP contribution in [-0.2, 0) is 0 Å². The van der Waals surface area contributed by atoms with Gasteiger partial charge in [-0.05, 0) is 87.1 Å². The third-order valence-electron chi connectivity index (χ3n) is 5.90. The number of carbonyl (C=O) groups excluding carboxylic acids is 1. The predicted octanol–water partition coefficient (Wildman–Crippen LogP) is 5.66. The van der Waals surface area contributed by atoms with E-state index < -0.39 is 0 Å². The number of pyridine rings is 1. The fraction of sp³-hybridized carbons (Fsp3) is 0.333. The molecule has 3 aromatic rings. The zero-order chi connectivity index (χ0) is 20.4. The Balaban J connectivity index is 1.35. The average Bonchev–Trinajstić information content (AvgIpc) is 2.71. The van der Waals surface area contributed by atoms with Crippen LogP contribution in [0.4, 0.5) is 5.69 Å². The highest BCUT2D eigenvalue weighted by Crippen LogP contribution is 2.28. The molecule has 150 valence electrons. The molecule has 2 aromatic carbocycles. The third-order valence-corrected chi connectivity index (χ3v) is 6.13. The smallest absolute Gasteiger partial charge is 0.251 e. The molecule has 1 aliphatic carbocycles. The van der Waals surface area contributed by atoms with E-state index >= 15 is 0 Å². The van der Waals surface area contributed by atoms with Crippen LogP contribution in [0.1, 0.15) is 47.2 Å². The first-order chi connectivity index (χ1) is 14.0. The van der Waals surface area contributed by atoms with Gasteiger partial charge in [0, 0.05) is 39.9 Å². The minimum atomic E-state index is 0.0292. The Morgan fingerprint density at radius 2 is 1.72 bits per heavy atom.